The van der Waals surface area contributed by atoms with Crippen LogP contribution in [0, 0.1) is 12.8 Å². The lowest BCUT2D eigenvalue weighted by atomic mass is 10.0. The first kappa shape index (κ1) is 24.3. The molecule has 32 heavy (non-hydrogen) atoms. The van der Waals surface area contributed by atoms with Crippen LogP contribution < -0.4 is 5.32 Å². The highest BCUT2D eigenvalue weighted by molar-refractivity contribution is 6.55. The van der Waals surface area contributed by atoms with Crippen LogP contribution in [0.4, 0.5) is 5.82 Å². The highest BCUT2D eigenvalue weighted by atomic mass is 35.5. The topological polar surface area (TPSA) is 119 Å². The number of fused-ring (bicyclic) bond motifs is 1. The molecule has 0 aliphatic carbocycles. The number of aryl methyl sites for hydroxylation is 1. The molecule has 1 N–H and O–H groups in total. The Balaban J connectivity index is 1.82. The zero-order valence-corrected chi connectivity index (χ0v) is 19.8. The van der Waals surface area contributed by atoms with Gasteiger partial charge in [0.05, 0.1) is 31.2 Å². The van der Waals surface area contributed by atoms with E-state index in [0.29, 0.717) is 10.7 Å². The third-order valence-electron chi connectivity index (χ3n) is 4.52. The van der Waals surface area contributed by atoms with Gasteiger partial charge in [0.2, 0.25) is 0 Å². The first-order chi connectivity index (χ1) is 15.0. The molecule has 3 amide bonds. The molecule has 0 unspecified atom stereocenters. The number of aromatic nitrogens is 1. The van der Waals surface area contributed by atoms with Crippen LogP contribution in [0.25, 0.3) is 0 Å². The Hall–Kier alpha value is -2.33. The number of nitrogens with zero attached hydrogens (tertiary/aromatic N) is 2. The molecule has 1 aliphatic heterocycles. The van der Waals surface area contributed by atoms with Crippen molar-refractivity contribution in [2.75, 3.05) is 11.9 Å². The molecule has 2 heterocycles. The number of rotatable bonds is 6. The Morgan fingerprint density at radius 2 is 1.59 bits per heavy atom. The predicted octanol–water partition coefficient (Wildman–Crippen LogP) is 4.40. The van der Waals surface area contributed by atoms with Crippen LogP contribution >= 0.6 is 46.4 Å². The van der Waals surface area contributed by atoms with E-state index in [9.17, 15) is 19.2 Å². The minimum absolute atomic E-state index is 0.141. The maximum absolute atomic E-state index is 13.0. The van der Waals surface area contributed by atoms with Crippen LogP contribution in [0.5, 0.6) is 0 Å². The summed E-state index contributed by atoms with van der Waals surface area (Å²) in [4.78, 5) is 51.5. The third-order valence-corrected chi connectivity index (χ3v) is 6.33. The maximum atomic E-state index is 13.0. The molecule has 0 spiro atoms. The van der Waals surface area contributed by atoms with E-state index in [1.54, 1.807) is 20.8 Å². The summed E-state index contributed by atoms with van der Waals surface area (Å²) >= 11 is 24.3. The van der Waals surface area contributed by atoms with E-state index in [4.69, 9.17) is 55.7 Å². The predicted molar refractivity (Wildman–Crippen MR) is 116 cm³/mol. The Bertz CT molecular complexity index is 1100. The maximum Gasteiger partial charge on any atom is 0.330 e. The normalized spacial score (nSPS) is 14.1. The second-order valence-corrected chi connectivity index (χ2v) is 8.67. The Morgan fingerprint density at radius 3 is 2.03 bits per heavy atom. The lowest BCUT2D eigenvalue weighted by Gasteiger charge is -2.27. The molecular formula is C19H15Cl4N3O6. The molecule has 1 aromatic carbocycles. The van der Waals surface area contributed by atoms with Gasteiger partial charge in [0.1, 0.15) is 11.8 Å². The fourth-order valence-corrected chi connectivity index (χ4v) is 4.14. The summed E-state index contributed by atoms with van der Waals surface area (Å²) in [7, 11) is 0. The number of carbonyl (C=O) groups excluding carboxylic acids is 4. The Morgan fingerprint density at radius 1 is 1.06 bits per heavy atom. The van der Waals surface area contributed by atoms with E-state index < -0.39 is 42.3 Å². The second kappa shape index (κ2) is 9.27. The van der Waals surface area contributed by atoms with Gasteiger partial charge in [-0.2, -0.15) is 0 Å². The van der Waals surface area contributed by atoms with E-state index in [1.807, 2.05) is 0 Å². The zero-order chi connectivity index (χ0) is 23.9. The van der Waals surface area contributed by atoms with Gasteiger partial charge in [-0.05, 0) is 12.8 Å². The van der Waals surface area contributed by atoms with Gasteiger partial charge in [0.15, 0.2) is 12.4 Å². The van der Waals surface area contributed by atoms with Gasteiger partial charge < -0.3 is 14.6 Å². The average molecular weight is 523 g/mol. The highest BCUT2D eigenvalue weighted by Gasteiger charge is 2.48. The van der Waals surface area contributed by atoms with Crippen LogP contribution in [0.1, 0.15) is 40.3 Å². The van der Waals surface area contributed by atoms with Gasteiger partial charge in [-0.1, -0.05) is 65.4 Å². The number of esters is 1. The molecule has 3 rings (SSSR count). The largest absolute Gasteiger partial charge is 0.454 e. The summed E-state index contributed by atoms with van der Waals surface area (Å²) < 4.78 is 9.87. The molecule has 0 saturated heterocycles. The molecule has 1 aliphatic rings. The molecule has 170 valence electrons. The first-order valence-corrected chi connectivity index (χ1v) is 10.6. The summed E-state index contributed by atoms with van der Waals surface area (Å²) in [6.45, 7) is 4.14. The fraction of sp³-hybridized carbons (Fsp3) is 0.316. The number of hydrogen-bond donors (Lipinski definition) is 1. The SMILES string of the molecule is Cc1cc(NC(=O)COC(=O)[C@H](C(C)C)N2C(=O)c3c(Cl)c(Cl)c(Cl)c(Cl)c3C2=O)no1. The van der Waals surface area contributed by atoms with Gasteiger partial charge in [-0.25, -0.2) is 4.79 Å². The van der Waals surface area contributed by atoms with Gasteiger partial charge in [0, 0.05) is 6.07 Å². The van der Waals surface area contributed by atoms with Crippen molar-refractivity contribution in [2.24, 2.45) is 5.92 Å². The van der Waals surface area contributed by atoms with Crippen molar-refractivity contribution >= 4 is 75.9 Å². The number of amides is 3. The first-order valence-electron chi connectivity index (χ1n) is 9.09. The minimum atomic E-state index is -1.37. The fourth-order valence-electron chi connectivity index (χ4n) is 3.12. The summed E-state index contributed by atoms with van der Waals surface area (Å²) in [6, 6.07) is 0.105. The number of hydrogen-bond acceptors (Lipinski definition) is 7. The van der Waals surface area contributed by atoms with Crippen molar-refractivity contribution < 1.29 is 28.4 Å². The van der Waals surface area contributed by atoms with Crippen LogP contribution in [0.3, 0.4) is 0 Å². The molecule has 9 nitrogen and oxygen atoms in total. The highest BCUT2D eigenvalue weighted by Crippen LogP contribution is 2.45. The van der Waals surface area contributed by atoms with Gasteiger partial charge in [-0.3, -0.25) is 19.3 Å². The Labute approximate surface area is 201 Å². The quantitative estimate of drug-likeness (QED) is 0.258. The number of imide groups is 1. The standard InChI is InChI=1S/C19H15Cl4N3O6/c1-6(2)16(19(30)31-5-9(27)24-8-4-7(3)32-25-8)26-17(28)10-11(18(26)29)13(21)15(23)14(22)12(10)20/h4,6,16H,5H2,1-3H3,(H,24,25,27)/t16-/m0/s1. The van der Waals surface area contributed by atoms with Crippen molar-refractivity contribution in [2.45, 2.75) is 26.8 Å². The molecule has 2 aromatic rings. The van der Waals surface area contributed by atoms with Crippen molar-refractivity contribution in [1.82, 2.24) is 10.1 Å². The van der Waals surface area contributed by atoms with Crippen LogP contribution in [0.15, 0.2) is 10.6 Å². The lowest BCUT2D eigenvalue weighted by Crippen LogP contribution is -2.49. The number of anilines is 1. The van der Waals surface area contributed by atoms with Crippen LogP contribution in [-0.2, 0) is 14.3 Å². The molecule has 0 fully saturated rings. The molecule has 0 radical (unpaired) electrons. The molecular weight excluding hydrogens is 508 g/mol. The van der Waals surface area contributed by atoms with Crippen molar-refractivity contribution in [3.05, 3.63) is 43.0 Å². The monoisotopic (exact) mass is 521 g/mol. The number of carbonyl (C=O) groups is 4. The number of ether oxygens (including phenoxy) is 1. The van der Waals surface area contributed by atoms with E-state index in [0.717, 1.165) is 0 Å². The van der Waals surface area contributed by atoms with Crippen molar-refractivity contribution in [3.63, 3.8) is 0 Å². The summed E-state index contributed by atoms with van der Waals surface area (Å²) in [5, 5.41) is 5.08. The second-order valence-electron chi connectivity index (χ2n) is 7.15. The van der Waals surface area contributed by atoms with Crippen LogP contribution in [-0.4, -0.2) is 46.4 Å². The number of nitrogens with one attached hydrogen (secondary N) is 1. The number of halogens is 4. The van der Waals surface area contributed by atoms with Crippen molar-refractivity contribution in [3.8, 4) is 0 Å². The third kappa shape index (κ3) is 4.30. The molecule has 1 aromatic heterocycles. The Kier molecular flexibility index (Phi) is 7.04. The molecule has 1 atom stereocenters. The minimum Gasteiger partial charge on any atom is -0.454 e. The summed E-state index contributed by atoms with van der Waals surface area (Å²) in [5.41, 5.74) is -0.512. The lowest BCUT2D eigenvalue weighted by molar-refractivity contribution is -0.152. The van der Waals surface area contributed by atoms with Gasteiger partial charge in [0.25, 0.3) is 17.7 Å². The van der Waals surface area contributed by atoms with E-state index in [-0.39, 0.29) is 37.0 Å². The molecule has 0 saturated carbocycles. The zero-order valence-electron chi connectivity index (χ0n) is 16.8. The smallest absolute Gasteiger partial charge is 0.330 e. The van der Waals surface area contributed by atoms with Crippen molar-refractivity contribution in [1.29, 1.82) is 0 Å². The van der Waals surface area contributed by atoms with Gasteiger partial charge in [-0.15, -0.1) is 0 Å². The summed E-state index contributed by atoms with van der Waals surface area (Å²) in [6.07, 6.45) is 0. The van der Waals surface area contributed by atoms with E-state index >= 15 is 0 Å². The molecule has 13 heteroatoms. The van der Waals surface area contributed by atoms with Crippen LogP contribution in [0.2, 0.25) is 20.1 Å². The molecule has 0 bridgehead atoms. The van der Waals surface area contributed by atoms with Gasteiger partial charge >= 0.3 is 5.97 Å². The van der Waals surface area contributed by atoms with E-state index in [2.05, 4.69) is 10.5 Å². The average Bonchev–Trinajstić information content (AvgIpc) is 3.24. The number of benzene rings is 1. The summed E-state index contributed by atoms with van der Waals surface area (Å²) in [5.74, 6) is -3.40. The van der Waals surface area contributed by atoms with E-state index in [1.165, 1.54) is 6.07 Å².